The van der Waals surface area contributed by atoms with Gasteiger partial charge in [0.1, 0.15) is 0 Å². The Morgan fingerprint density at radius 3 is 2.29 bits per heavy atom. The van der Waals surface area contributed by atoms with Crippen LogP contribution in [0.1, 0.15) is 38.2 Å². The van der Waals surface area contributed by atoms with Crippen LogP contribution in [0.15, 0.2) is 30.3 Å². The Morgan fingerprint density at radius 2 is 1.76 bits per heavy atom. The Bertz CT molecular complexity index is 456. The van der Waals surface area contributed by atoms with E-state index in [2.05, 4.69) is 50.5 Å². The van der Waals surface area contributed by atoms with Crippen LogP contribution in [0.25, 0.3) is 0 Å². The number of hydrogen-bond acceptors (Lipinski definition) is 1. The standard InChI is InChI=1S/C18H27OSi.Li/c1-5-6-7-11-15-18(19,20(2,3)4)16-14-17-12-9-8-10-13-17;/h8-10,12-13H,5-7,14,16H2,1-4H3;/q-1;+1. The van der Waals surface area contributed by atoms with Crippen LogP contribution in [0.3, 0.4) is 0 Å². The third-order valence-corrected chi connectivity index (χ3v) is 6.56. The smallest absolute Gasteiger partial charge is 0.842 e. The van der Waals surface area contributed by atoms with Gasteiger partial charge in [0.15, 0.2) is 0 Å². The molecule has 3 heteroatoms. The van der Waals surface area contributed by atoms with Crippen molar-refractivity contribution >= 4 is 8.07 Å². The van der Waals surface area contributed by atoms with Crippen molar-refractivity contribution in [1.82, 2.24) is 0 Å². The molecule has 21 heavy (non-hydrogen) atoms. The molecular weight excluding hydrogens is 267 g/mol. The van der Waals surface area contributed by atoms with E-state index in [0.717, 1.165) is 25.7 Å². The van der Waals surface area contributed by atoms with Gasteiger partial charge in [-0.2, -0.15) is 0 Å². The molecule has 0 N–H and O–H groups in total. The van der Waals surface area contributed by atoms with Crippen LogP contribution in [0.4, 0.5) is 0 Å². The van der Waals surface area contributed by atoms with E-state index < -0.39 is 13.3 Å². The van der Waals surface area contributed by atoms with E-state index in [9.17, 15) is 5.11 Å². The molecule has 1 aromatic carbocycles. The number of rotatable bonds is 6. The molecule has 1 aromatic rings. The second-order valence-corrected chi connectivity index (χ2v) is 11.8. The Labute approximate surface area is 143 Å². The molecule has 0 radical (unpaired) electrons. The fraction of sp³-hybridized carbons (Fsp3) is 0.556. The molecule has 0 saturated heterocycles. The molecule has 0 aromatic heterocycles. The normalized spacial score (nSPS) is 13.6. The summed E-state index contributed by atoms with van der Waals surface area (Å²) in [5.74, 6) is 6.24. The summed E-state index contributed by atoms with van der Waals surface area (Å²) in [7, 11) is -1.85. The zero-order chi connectivity index (χ0) is 15.1. The van der Waals surface area contributed by atoms with Crippen molar-refractivity contribution in [2.24, 2.45) is 0 Å². The van der Waals surface area contributed by atoms with Crippen LogP contribution in [0.5, 0.6) is 0 Å². The van der Waals surface area contributed by atoms with Gasteiger partial charge in [-0.15, -0.1) is 11.8 Å². The summed E-state index contributed by atoms with van der Waals surface area (Å²) in [5.41, 5.74) is 1.24. The van der Waals surface area contributed by atoms with Crippen molar-refractivity contribution in [3.8, 4) is 11.8 Å². The van der Waals surface area contributed by atoms with E-state index in [0.29, 0.717) is 6.42 Å². The van der Waals surface area contributed by atoms with Crippen molar-refractivity contribution in [2.75, 3.05) is 0 Å². The van der Waals surface area contributed by atoms with E-state index >= 15 is 0 Å². The van der Waals surface area contributed by atoms with Gasteiger partial charge in [-0.3, -0.25) is 0 Å². The largest absolute Gasteiger partial charge is 1.00 e. The van der Waals surface area contributed by atoms with Crippen LogP contribution in [0, 0.1) is 11.8 Å². The van der Waals surface area contributed by atoms with Crippen LogP contribution < -0.4 is 24.0 Å². The molecule has 0 bridgehead atoms. The molecule has 1 unspecified atom stereocenters. The Kier molecular flexibility index (Phi) is 9.34. The summed E-state index contributed by atoms with van der Waals surface area (Å²) >= 11 is 0. The average molecular weight is 294 g/mol. The maximum Gasteiger partial charge on any atom is 1.00 e. The summed E-state index contributed by atoms with van der Waals surface area (Å²) in [5, 5.41) is 12.1. The van der Waals surface area contributed by atoms with E-state index in [-0.39, 0.29) is 18.9 Å². The minimum Gasteiger partial charge on any atom is -0.842 e. The predicted molar refractivity (Wildman–Crippen MR) is 88.1 cm³/mol. The van der Waals surface area contributed by atoms with Gasteiger partial charge in [0.05, 0.1) is 0 Å². The van der Waals surface area contributed by atoms with Crippen molar-refractivity contribution in [3.05, 3.63) is 35.9 Å². The number of unbranched alkanes of at least 4 members (excludes halogenated alkanes) is 2. The van der Waals surface area contributed by atoms with Gasteiger partial charge in [-0.25, -0.2) is 0 Å². The summed E-state index contributed by atoms with van der Waals surface area (Å²) in [4.78, 5) is 0. The van der Waals surface area contributed by atoms with Crippen molar-refractivity contribution in [2.45, 2.75) is 63.9 Å². The third-order valence-electron chi connectivity index (χ3n) is 3.77. The van der Waals surface area contributed by atoms with Gasteiger partial charge >= 0.3 is 18.9 Å². The van der Waals surface area contributed by atoms with Gasteiger partial charge < -0.3 is 5.11 Å². The quantitative estimate of drug-likeness (QED) is 0.432. The number of aryl methyl sites for hydroxylation is 1. The molecule has 0 aliphatic heterocycles. The topological polar surface area (TPSA) is 23.1 Å². The maximum absolute atomic E-state index is 13.1. The van der Waals surface area contributed by atoms with Crippen LogP contribution in [0.2, 0.25) is 19.6 Å². The fourth-order valence-electron chi connectivity index (χ4n) is 2.06. The third kappa shape index (κ3) is 6.90. The molecule has 110 valence electrons. The van der Waals surface area contributed by atoms with E-state index in [1.54, 1.807) is 0 Å². The monoisotopic (exact) mass is 294 g/mol. The summed E-state index contributed by atoms with van der Waals surface area (Å²) < 4.78 is 0. The number of benzene rings is 1. The molecule has 0 amide bonds. The maximum atomic E-state index is 13.1. The van der Waals surface area contributed by atoms with Gasteiger partial charge in [-0.05, 0) is 18.4 Å². The Balaban J connectivity index is 0.00000400. The number of hydrogen-bond donors (Lipinski definition) is 0. The van der Waals surface area contributed by atoms with Gasteiger partial charge in [-0.1, -0.05) is 75.0 Å². The van der Waals surface area contributed by atoms with Crippen LogP contribution >= 0.6 is 0 Å². The second kappa shape index (κ2) is 9.55. The van der Waals surface area contributed by atoms with Gasteiger partial charge in [0.25, 0.3) is 0 Å². The molecular formula is C18H27LiOSi. The second-order valence-electron chi connectivity index (χ2n) is 6.47. The first kappa shape index (κ1) is 20.6. The summed E-state index contributed by atoms with van der Waals surface area (Å²) in [6.45, 7) is 8.57. The average Bonchev–Trinajstić information content (AvgIpc) is 2.41. The van der Waals surface area contributed by atoms with E-state index in [1.807, 2.05) is 18.2 Å². The minimum absolute atomic E-state index is 0. The molecule has 1 rings (SSSR count). The van der Waals surface area contributed by atoms with Crippen molar-refractivity contribution < 1.29 is 24.0 Å². The molecule has 0 aliphatic rings. The first-order chi connectivity index (χ1) is 9.39. The van der Waals surface area contributed by atoms with Gasteiger partial charge in [0, 0.05) is 14.5 Å². The predicted octanol–water partition coefficient (Wildman–Crippen LogP) is 0.793. The van der Waals surface area contributed by atoms with E-state index in [1.165, 1.54) is 5.56 Å². The molecule has 0 saturated carbocycles. The molecule has 0 fully saturated rings. The molecule has 1 nitrogen and oxygen atoms in total. The molecule has 0 spiro atoms. The van der Waals surface area contributed by atoms with Crippen molar-refractivity contribution in [3.63, 3.8) is 0 Å². The van der Waals surface area contributed by atoms with Crippen LogP contribution in [-0.2, 0) is 6.42 Å². The van der Waals surface area contributed by atoms with Gasteiger partial charge in [0.2, 0.25) is 0 Å². The molecule has 0 aliphatic carbocycles. The zero-order valence-corrected chi connectivity index (χ0v) is 15.3. The summed E-state index contributed by atoms with van der Waals surface area (Å²) in [6, 6.07) is 10.3. The summed E-state index contributed by atoms with van der Waals surface area (Å²) in [6.07, 6.45) is 4.55. The first-order valence-electron chi connectivity index (χ1n) is 7.63. The Hall–Kier alpha value is -0.446. The van der Waals surface area contributed by atoms with Crippen molar-refractivity contribution in [1.29, 1.82) is 0 Å². The Morgan fingerprint density at radius 1 is 1.14 bits per heavy atom. The molecule has 0 heterocycles. The SMILES string of the molecule is CCCCC#CC([O-])(CCc1ccccc1)[Si](C)(C)C.[Li+]. The van der Waals surface area contributed by atoms with E-state index in [4.69, 9.17) is 0 Å². The molecule has 1 atom stereocenters. The minimum atomic E-state index is -1.85. The fourth-order valence-corrected chi connectivity index (χ4v) is 3.40. The first-order valence-corrected chi connectivity index (χ1v) is 11.1. The zero-order valence-electron chi connectivity index (χ0n) is 14.3. The van der Waals surface area contributed by atoms with Crippen LogP contribution in [-0.4, -0.2) is 13.3 Å².